The van der Waals surface area contributed by atoms with Gasteiger partial charge in [-0.1, -0.05) is 12.1 Å². The summed E-state index contributed by atoms with van der Waals surface area (Å²) in [5, 5.41) is 3.46. The first-order valence-electron chi connectivity index (χ1n) is 11.5. The lowest BCUT2D eigenvalue weighted by Gasteiger charge is -2.36. The van der Waals surface area contributed by atoms with Crippen molar-refractivity contribution in [1.29, 1.82) is 0 Å². The number of benzene rings is 1. The van der Waals surface area contributed by atoms with Gasteiger partial charge in [0.2, 0.25) is 0 Å². The van der Waals surface area contributed by atoms with Crippen LogP contribution in [0.1, 0.15) is 26.2 Å². The SMILES string of the molecule is CCOC(=O)C1CCN(C(=NC)NCCCN2CCN(c3ccccc3F)CC2)CC1.I. The molecule has 0 spiro atoms. The topological polar surface area (TPSA) is 60.4 Å². The van der Waals surface area contributed by atoms with Gasteiger partial charge in [0.05, 0.1) is 18.2 Å². The average Bonchev–Trinajstić information content (AvgIpc) is 2.80. The fourth-order valence-electron chi connectivity index (χ4n) is 4.34. The molecule has 0 aliphatic carbocycles. The lowest BCUT2D eigenvalue weighted by atomic mass is 9.97. The van der Waals surface area contributed by atoms with Crippen LogP contribution in [-0.2, 0) is 9.53 Å². The summed E-state index contributed by atoms with van der Waals surface area (Å²) < 4.78 is 19.1. The van der Waals surface area contributed by atoms with E-state index in [9.17, 15) is 9.18 Å². The largest absolute Gasteiger partial charge is 0.466 e. The molecule has 0 saturated carbocycles. The van der Waals surface area contributed by atoms with Crippen LogP contribution < -0.4 is 10.2 Å². The van der Waals surface area contributed by atoms with Crippen molar-refractivity contribution in [2.45, 2.75) is 26.2 Å². The van der Waals surface area contributed by atoms with E-state index >= 15 is 0 Å². The summed E-state index contributed by atoms with van der Waals surface area (Å²) in [6.45, 7) is 9.41. The van der Waals surface area contributed by atoms with Crippen molar-refractivity contribution in [1.82, 2.24) is 15.1 Å². The van der Waals surface area contributed by atoms with E-state index in [2.05, 4.69) is 25.0 Å². The molecule has 7 nitrogen and oxygen atoms in total. The second-order valence-electron chi connectivity index (χ2n) is 8.12. The maximum absolute atomic E-state index is 14.0. The Balaban J connectivity index is 0.00000363. The molecule has 9 heteroatoms. The van der Waals surface area contributed by atoms with Gasteiger partial charge in [-0.3, -0.25) is 14.7 Å². The number of aliphatic imine (C=N–C) groups is 1. The summed E-state index contributed by atoms with van der Waals surface area (Å²) in [5.74, 6) is 0.710. The van der Waals surface area contributed by atoms with E-state index in [1.165, 1.54) is 6.07 Å². The molecular formula is C23H37FIN5O2. The number of nitrogens with one attached hydrogen (secondary N) is 1. The highest BCUT2D eigenvalue weighted by Crippen LogP contribution is 2.20. The summed E-state index contributed by atoms with van der Waals surface area (Å²) in [4.78, 5) is 23.1. The number of hydrogen-bond donors (Lipinski definition) is 1. The third kappa shape index (κ3) is 7.47. The van der Waals surface area contributed by atoms with E-state index < -0.39 is 0 Å². The molecule has 1 aromatic carbocycles. The standard InChI is InChI=1S/C23H36FN5O2.HI/c1-3-31-22(30)19-9-13-29(14-10-19)23(25-2)26-11-6-12-27-15-17-28(18-16-27)21-8-5-4-7-20(21)24;/h4-5,7-8,19H,3,6,9-18H2,1-2H3,(H,25,26);1H. The second kappa shape index (κ2) is 13.8. The highest BCUT2D eigenvalue weighted by Gasteiger charge is 2.27. The van der Waals surface area contributed by atoms with Gasteiger partial charge in [0, 0.05) is 52.9 Å². The van der Waals surface area contributed by atoms with Crippen LogP contribution in [0, 0.1) is 11.7 Å². The molecule has 0 amide bonds. The lowest BCUT2D eigenvalue weighted by Crippen LogP contribution is -2.48. The Morgan fingerprint density at radius 3 is 2.47 bits per heavy atom. The summed E-state index contributed by atoms with van der Waals surface area (Å²) in [7, 11) is 1.81. The number of anilines is 1. The van der Waals surface area contributed by atoms with Crippen LogP contribution in [0.3, 0.4) is 0 Å². The van der Waals surface area contributed by atoms with E-state index in [4.69, 9.17) is 4.74 Å². The van der Waals surface area contributed by atoms with E-state index in [1.807, 2.05) is 26.1 Å². The van der Waals surface area contributed by atoms with Gasteiger partial charge in [-0.25, -0.2) is 4.39 Å². The van der Waals surface area contributed by atoms with Crippen LogP contribution >= 0.6 is 24.0 Å². The molecule has 2 aliphatic heterocycles. The zero-order valence-corrected chi connectivity index (χ0v) is 21.6. The van der Waals surface area contributed by atoms with Gasteiger partial charge in [-0.2, -0.15) is 0 Å². The van der Waals surface area contributed by atoms with Crippen LogP contribution in [0.5, 0.6) is 0 Å². The third-order valence-electron chi connectivity index (χ3n) is 6.13. The lowest BCUT2D eigenvalue weighted by molar-refractivity contribution is -0.149. The van der Waals surface area contributed by atoms with Crippen molar-refractivity contribution >= 4 is 41.6 Å². The van der Waals surface area contributed by atoms with Crippen molar-refractivity contribution in [3.8, 4) is 0 Å². The molecule has 2 saturated heterocycles. The first-order chi connectivity index (χ1) is 15.1. The molecule has 0 radical (unpaired) electrons. The molecular weight excluding hydrogens is 524 g/mol. The number of likely N-dealkylation sites (tertiary alicyclic amines) is 1. The number of piperidine rings is 1. The molecule has 180 valence electrons. The Morgan fingerprint density at radius 2 is 1.84 bits per heavy atom. The van der Waals surface area contributed by atoms with Gasteiger partial charge in [0.25, 0.3) is 0 Å². The summed E-state index contributed by atoms with van der Waals surface area (Å²) in [6, 6.07) is 7.01. The monoisotopic (exact) mass is 561 g/mol. The van der Waals surface area contributed by atoms with Crippen LogP contribution in [-0.4, -0.2) is 87.7 Å². The van der Waals surface area contributed by atoms with Gasteiger partial charge in [-0.05, 0) is 44.9 Å². The number of piperazine rings is 1. The number of nitrogens with zero attached hydrogens (tertiary/aromatic N) is 4. The van der Waals surface area contributed by atoms with E-state index in [0.29, 0.717) is 12.3 Å². The molecule has 0 bridgehead atoms. The predicted octanol–water partition coefficient (Wildman–Crippen LogP) is 2.81. The zero-order chi connectivity index (χ0) is 22.1. The van der Waals surface area contributed by atoms with Gasteiger partial charge < -0.3 is 19.9 Å². The quantitative estimate of drug-likeness (QED) is 0.182. The third-order valence-corrected chi connectivity index (χ3v) is 6.13. The van der Waals surface area contributed by atoms with Crippen molar-refractivity contribution in [3.63, 3.8) is 0 Å². The van der Waals surface area contributed by atoms with Crippen molar-refractivity contribution in [2.75, 3.05) is 70.9 Å². The van der Waals surface area contributed by atoms with Crippen LogP contribution in [0.15, 0.2) is 29.3 Å². The number of carbonyl (C=O) groups excluding carboxylic acids is 1. The number of rotatable bonds is 7. The molecule has 3 rings (SSSR count). The fourth-order valence-corrected chi connectivity index (χ4v) is 4.34. The maximum Gasteiger partial charge on any atom is 0.309 e. The number of esters is 1. The fraction of sp³-hybridized carbons (Fsp3) is 0.652. The molecule has 1 N–H and O–H groups in total. The van der Waals surface area contributed by atoms with E-state index in [1.54, 1.807) is 6.07 Å². The number of hydrogen-bond acceptors (Lipinski definition) is 5. The zero-order valence-electron chi connectivity index (χ0n) is 19.3. The van der Waals surface area contributed by atoms with E-state index in [-0.39, 0.29) is 41.7 Å². The minimum atomic E-state index is -0.141. The Bertz CT molecular complexity index is 735. The number of guanidine groups is 1. The first kappa shape index (κ1) is 26.6. The number of carbonyl (C=O) groups is 1. The normalized spacial score (nSPS) is 18.3. The highest BCUT2D eigenvalue weighted by atomic mass is 127. The number of halogens is 2. The van der Waals surface area contributed by atoms with Gasteiger partial charge in [-0.15, -0.1) is 24.0 Å². The second-order valence-corrected chi connectivity index (χ2v) is 8.12. The average molecular weight is 561 g/mol. The summed E-state index contributed by atoms with van der Waals surface area (Å²) >= 11 is 0. The Labute approximate surface area is 208 Å². The van der Waals surface area contributed by atoms with Gasteiger partial charge in [0.1, 0.15) is 5.82 Å². The van der Waals surface area contributed by atoms with E-state index in [0.717, 1.165) is 77.6 Å². The molecule has 0 atom stereocenters. The summed E-state index contributed by atoms with van der Waals surface area (Å²) in [5.41, 5.74) is 0.708. The first-order valence-corrected chi connectivity index (χ1v) is 11.5. The highest BCUT2D eigenvalue weighted by molar-refractivity contribution is 14.0. The van der Waals surface area contributed by atoms with Crippen molar-refractivity contribution in [2.24, 2.45) is 10.9 Å². The molecule has 2 heterocycles. The Kier molecular flexibility index (Phi) is 11.5. The Morgan fingerprint density at radius 1 is 1.16 bits per heavy atom. The van der Waals surface area contributed by atoms with Crippen LogP contribution in [0.25, 0.3) is 0 Å². The maximum atomic E-state index is 14.0. The minimum Gasteiger partial charge on any atom is -0.466 e. The molecule has 0 unspecified atom stereocenters. The molecule has 2 fully saturated rings. The number of ether oxygens (including phenoxy) is 1. The van der Waals surface area contributed by atoms with Gasteiger partial charge >= 0.3 is 5.97 Å². The minimum absolute atomic E-state index is 0. The van der Waals surface area contributed by atoms with Crippen molar-refractivity contribution in [3.05, 3.63) is 30.1 Å². The number of para-hydroxylation sites is 1. The molecule has 0 aromatic heterocycles. The van der Waals surface area contributed by atoms with Crippen LogP contribution in [0.4, 0.5) is 10.1 Å². The van der Waals surface area contributed by atoms with Gasteiger partial charge in [0.15, 0.2) is 5.96 Å². The molecule has 2 aliphatic rings. The molecule has 32 heavy (non-hydrogen) atoms. The predicted molar refractivity (Wildman–Crippen MR) is 137 cm³/mol. The smallest absolute Gasteiger partial charge is 0.309 e. The molecule has 1 aromatic rings. The summed E-state index contributed by atoms with van der Waals surface area (Å²) in [6.07, 6.45) is 2.65. The van der Waals surface area contributed by atoms with Crippen molar-refractivity contribution < 1.29 is 13.9 Å². The van der Waals surface area contributed by atoms with Crippen LogP contribution in [0.2, 0.25) is 0 Å². The Hall–Kier alpha value is -1.62.